The minimum Gasteiger partial charge on any atom is -0.342 e. The van der Waals surface area contributed by atoms with Gasteiger partial charge >= 0.3 is 0 Å². The highest BCUT2D eigenvalue weighted by atomic mass is 32.1. The summed E-state index contributed by atoms with van der Waals surface area (Å²) in [5.41, 5.74) is 1.04. The van der Waals surface area contributed by atoms with Gasteiger partial charge < -0.3 is 9.47 Å². The topological polar surface area (TPSA) is 55.2 Å². The molecule has 1 amide bonds. The predicted molar refractivity (Wildman–Crippen MR) is 95.5 cm³/mol. The van der Waals surface area contributed by atoms with E-state index in [4.69, 9.17) is 0 Å². The molecule has 2 aromatic heterocycles. The standard InChI is InChI=1S/C18H23N3O2S/c1-13-14(2)24-18(19-13)15-6-5-10-21(12-15)17(23)8-11-20-9-4-3-7-16(20)22/h3-4,7,9,15H,5-6,8,10-12H2,1-2H3. The first-order chi connectivity index (χ1) is 11.5. The van der Waals surface area contributed by atoms with Crippen molar-refractivity contribution in [3.8, 4) is 0 Å². The normalized spacial score (nSPS) is 17.9. The van der Waals surface area contributed by atoms with Crippen molar-refractivity contribution in [2.75, 3.05) is 13.1 Å². The lowest BCUT2D eigenvalue weighted by atomic mass is 9.98. The van der Waals surface area contributed by atoms with E-state index in [1.165, 1.54) is 10.9 Å². The monoisotopic (exact) mass is 345 g/mol. The number of pyridine rings is 1. The van der Waals surface area contributed by atoms with E-state index >= 15 is 0 Å². The molecule has 1 atom stereocenters. The van der Waals surface area contributed by atoms with Gasteiger partial charge in [-0.3, -0.25) is 9.59 Å². The van der Waals surface area contributed by atoms with Crippen LogP contribution in [0.1, 0.15) is 40.8 Å². The van der Waals surface area contributed by atoms with E-state index in [2.05, 4.69) is 11.9 Å². The summed E-state index contributed by atoms with van der Waals surface area (Å²) in [6, 6.07) is 5.05. The molecule has 128 valence electrons. The summed E-state index contributed by atoms with van der Waals surface area (Å²) in [7, 11) is 0. The fourth-order valence-electron chi connectivity index (χ4n) is 3.10. The van der Waals surface area contributed by atoms with Crippen molar-refractivity contribution < 1.29 is 4.79 Å². The molecule has 3 rings (SSSR count). The summed E-state index contributed by atoms with van der Waals surface area (Å²) in [5, 5.41) is 1.15. The molecule has 6 heteroatoms. The van der Waals surface area contributed by atoms with Gasteiger partial charge in [-0.05, 0) is 32.8 Å². The Kier molecular flexibility index (Phi) is 5.14. The summed E-state index contributed by atoms with van der Waals surface area (Å²) in [4.78, 5) is 32.1. The lowest BCUT2D eigenvalue weighted by Crippen LogP contribution is -2.39. The van der Waals surface area contributed by atoms with Crippen LogP contribution in [0.3, 0.4) is 0 Å². The maximum absolute atomic E-state index is 12.5. The molecule has 1 unspecified atom stereocenters. The molecular weight excluding hydrogens is 322 g/mol. The third kappa shape index (κ3) is 3.75. The first-order valence-electron chi connectivity index (χ1n) is 8.42. The highest BCUT2D eigenvalue weighted by molar-refractivity contribution is 7.11. The molecular formula is C18H23N3O2S. The molecule has 0 aromatic carbocycles. The van der Waals surface area contributed by atoms with E-state index in [9.17, 15) is 9.59 Å². The van der Waals surface area contributed by atoms with Gasteiger partial charge in [0.05, 0.1) is 10.7 Å². The third-order valence-corrected chi connectivity index (χ3v) is 5.87. The van der Waals surface area contributed by atoms with Gasteiger partial charge in [0, 0.05) is 49.1 Å². The number of aryl methyl sites for hydroxylation is 3. The Bertz CT molecular complexity index is 761. The lowest BCUT2D eigenvalue weighted by molar-refractivity contribution is -0.132. The Balaban J connectivity index is 1.61. The van der Waals surface area contributed by atoms with Crippen LogP contribution in [0.5, 0.6) is 0 Å². The van der Waals surface area contributed by atoms with Gasteiger partial charge in [0.15, 0.2) is 0 Å². The van der Waals surface area contributed by atoms with Crippen molar-refractivity contribution >= 4 is 17.2 Å². The van der Waals surface area contributed by atoms with Crippen LogP contribution in [0, 0.1) is 13.8 Å². The van der Waals surface area contributed by atoms with Gasteiger partial charge in [0.1, 0.15) is 0 Å². The van der Waals surface area contributed by atoms with E-state index in [0.717, 1.165) is 36.6 Å². The fourth-order valence-corrected chi connectivity index (χ4v) is 4.15. The van der Waals surface area contributed by atoms with Crippen molar-refractivity contribution in [2.24, 2.45) is 0 Å². The lowest BCUT2D eigenvalue weighted by Gasteiger charge is -2.32. The molecule has 0 aliphatic carbocycles. The molecule has 3 heterocycles. The van der Waals surface area contributed by atoms with E-state index < -0.39 is 0 Å². The Morgan fingerprint density at radius 3 is 2.92 bits per heavy atom. The Hall–Kier alpha value is -1.95. The van der Waals surface area contributed by atoms with Crippen LogP contribution in [-0.4, -0.2) is 33.4 Å². The SMILES string of the molecule is Cc1nc(C2CCCN(C(=O)CCn3ccccc3=O)C2)sc1C. The van der Waals surface area contributed by atoms with Gasteiger partial charge in [-0.1, -0.05) is 6.07 Å². The highest BCUT2D eigenvalue weighted by Gasteiger charge is 2.26. The quantitative estimate of drug-likeness (QED) is 0.856. The molecule has 0 spiro atoms. The summed E-state index contributed by atoms with van der Waals surface area (Å²) < 4.78 is 1.59. The second-order valence-electron chi connectivity index (χ2n) is 6.35. The molecule has 1 saturated heterocycles. The second kappa shape index (κ2) is 7.30. The van der Waals surface area contributed by atoms with Crippen molar-refractivity contribution in [3.63, 3.8) is 0 Å². The van der Waals surface area contributed by atoms with Crippen LogP contribution < -0.4 is 5.56 Å². The van der Waals surface area contributed by atoms with Gasteiger partial charge in [0.2, 0.25) is 5.91 Å². The van der Waals surface area contributed by atoms with Gasteiger partial charge in [-0.25, -0.2) is 4.98 Å². The summed E-state index contributed by atoms with van der Waals surface area (Å²) in [5.74, 6) is 0.472. The van der Waals surface area contributed by atoms with Crippen molar-refractivity contribution in [1.29, 1.82) is 0 Å². The fraction of sp³-hybridized carbons (Fsp3) is 0.500. The number of piperidine rings is 1. The minimum atomic E-state index is -0.0597. The molecule has 2 aromatic rings. The zero-order chi connectivity index (χ0) is 17.1. The number of carbonyl (C=O) groups excluding carboxylic acids is 1. The number of rotatable bonds is 4. The number of aromatic nitrogens is 2. The van der Waals surface area contributed by atoms with Gasteiger partial charge in [-0.15, -0.1) is 11.3 Å². The van der Waals surface area contributed by atoms with Crippen molar-refractivity contribution in [3.05, 3.63) is 50.3 Å². The number of carbonyl (C=O) groups is 1. The molecule has 5 nitrogen and oxygen atoms in total. The number of likely N-dealkylation sites (tertiary alicyclic amines) is 1. The minimum absolute atomic E-state index is 0.0597. The van der Waals surface area contributed by atoms with E-state index in [-0.39, 0.29) is 11.5 Å². The second-order valence-corrected chi connectivity index (χ2v) is 7.59. The maximum atomic E-state index is 12.5. The average molecular weight is 345 g/mol. The molecule has 0 bridgehead atoms. The molecule has 0 N–H and O–H groups in total. The van der Waals surface area contributed by atoms with Crippen LogP contribution in [0.15, 0.2) is 29.2 Å². The van der Waals surface area contributed by atoms with Crippen molar-refractivity contribution in [1.82, 2.24) is 14.5 Å². The predicted octanol–water partition coefficient (Wildman–Crippen LogP) is 2.72. The summed E-state index contributed by atoms with van der Waals surface area (Å²) >= 11 is 1.75. The van der Waals surface area contributed by atoms with E-state index in [1.807, 2.05) is 17.9 Å². The zero-order valence-corrected chi connectivity index (χ0v) is 15.0. The van der Waals surface area contributed by atoms with Gasteiger partial charge in [0.25, 0.3) is 5.56 Å². The smallest absolute Gasteiger partial charge is 0.250 e. The first-order valence-corrected chi connectivity index (χ1v) is 9.23. The van der Waals surface area contributed by atoms with E-state index in [1.54, 1.807) is 28.2 Å². The molecule has 0 saturated carbocycles. The number of nitrogens with zero attached hydrogens (tertiary/aromatic N) is 3. The largest absolute Gasteiger partial charge is 0.342 e. The third-order valence-electron chi connectivity index (χ3n) is 4.63. The highest BCUT2D eigenvalue weighted by Crippen LogP contribution is 2.31. The van der Waals surface area contributed by atoms with Crippen LogP contribution >= 0.6 is 11.3 Å². The molecule has 1 aliphatic heterocycles. The molecule has 0 radical (unpaired) electrons. The average Bonchev–Trinajstić information content (AvgIpc) is 2.93. The van der Waals surface area contributed by atoms with Crippen LogP contribution in [0.25, 0.3) is 0 Å². The zero-order valence-electron chi connectivity index (χ0n) is 14.2. The molecule has 1 fully saturated rings. The molecule has 1 aliphatic rings. The molecule has 24 heavy (non-hydrogen) atoms. The van der Waals surface area contributed by atoms with Crippen LogP contribution in [0.4, 0.5) is 0 Å². The van der Waals surface area contributed by atoms with E-state index in [0.29, 0.717) is 18.9 Å². The van der Waals surface area contributed by atoms with Crippen LogP contribution in [-0.2, 0) is 11.3 Å². The van der Waals surface area contributed by atoms with Crippen LogP contribution in [0.2, 0.25) is 0 Å². The Morgan fingerprint density at radius 2 is 2.21 bits per heavy atom. The maximum Gasteiger partial charge on any atom is 0.250 e. The van der Waals surface area contributed by atoms with Crippen molar-refractivity contribution in [2.45, 2.75) is 45.6 Å². The Labute approximate surface area is 146 Å². The summed E-state index contributed by atoms with van der Waals surface area (Å²) in [6.45, 7) is 6.13. The number of hydrogen-bond donors (Lipinski definition) is 0. The number of amides is 1. The number of thiazole rings is 1. The Morgan fingerprint density at radius 1 is 1.38 bits per heavy atom. The first kappa shape index (κ1) is 16.9. The summed E-state index contributed by atoms with van der Waals surface area (Å²) in [6.07, 6.45) is 4.20. The van der Waals surface area contributed by atoms with Gasteiger partial charge in [-0.2, -0.15) is 0 Å². The number of hydrogen-bond acceptors (Lipinski definition) is 4.